The number of hydrogen-bond donors (Lipinski definition) is 0. The summed E-state index contributed by atoms with van der Waals surface area (Å²) in [5.41, 5.74) is 1.99. The van der Waals surface area contributed by atoms with Crippen molar-refractivity contribution >= 4 is 22.8 Å². The maximum absolute atomic E-state index is 12.8. The fourth-order valence-corrected chi connectivity index (χ4v) is 4.15. The van der Waals surface area contributed by atoms with E-state index >= 15 is 0 Å². The third-order valence-corrected chi connectivity index (χ3v) is 5.57. The number of aliphatic imine (C=N–C) groups is 1. The zero-order valence-corrected chi connectivity index (χ0v) is 15.1. The molecule has 126 valence electrons. The number of piperazine rings is 1. The van der Waals surface area contributed by atoms with Gasteiger partial charge in [0.25, 0.3) is 0 Å². The number of carbonyl (C=O) groups excluding carboxylic acids is 1. The van der Waals surface area contributed by atoms with Gasteiger partial charge >= 0.3 is 0 Å². The molecule has 0 aromatic carbocycles. The number of nitrogens with zero attached hydrogens (tertiary/aromatic N) is 5. The van der Waals surface area contributed by atoms with E-state index < -0.39 is 0 Å². The van der Waals surface area contributed by atoms with Gasteiger partial charge in [-0.15, -0.1) is 0 Å². The summed E-state index contributed by atoms with van der Waals surface area (Å²) in [7, 11) is 0. The Hall–Kier alpha value is -1.50. The molecule has 2 aliphatic heterocycles. The molecular formula is C16H25N5OS. The van der Waals surface area contributed by atoms with Crippen LogP contribution in [0.5, 0.6) is 0 Å². The van der Waals surface area contributed by atoms with Crippen molar-refractivity contribution in [1.82, 2.24) is 19.6 Å². The van der Waals surface area contributed by atoms with Gasteiger partial charge in [-0.1, -0.05) is 18.7 Å². The Kier molecular flexibility index (Phi) is 4.66. The number of rotatable bonds is 2. The molecule has 0 bridgehead atoms. The summed E-state index contributed by atoms with van der Waals surface area (Å²) < 4.78 is 1.84. The van der Waals surface area contributed by atoms with Gasteiger partial charge in [-0.05, 0) is 26.8 Å². The first-order valence-corrected chi connectivity index (χ1v) is 9.11. The summed E-state index contributed by atoms with van der Waals surface area (Å²) >= 11 is 1.85. The van der Waals surface area contributed by atoms with Gasteiger partial charge in [-0.25, -0.2) is 0 Å². The standard InChI is InChI=1S/C16H25N5OS/c1-11-9-12(2)21(18-11)14(4)15(22)19-5-7-20(8-6-19)16-17-10-13(3)23-16/h9,13-14H,5-8,10H2,1-4H3/t13-,14+/m0/s1. The summed E-state index contributed by atoms with van der Waals surface area (Å²) in [6.45, 7) is 12.3. The zero-order chi connectivity index (χ0) is 16.6. The molecular weight excluding hydrogens is 310 g/mol. The second-order valence-electron chi connectivity index (χ2n) is 6.41. The molecule has 1 aromatic heterocycles. The Morgan fingerprint density at radius 1 is 1.30 bits per heavy atom. The van der Waals surface area contributed by atoms with Gasteiger partial charge in [0.15, 0.2) is 5.17 Å². The first-order valence-electron chi connectivity index (χ1n) is 8.23. The van der Waals surface area contributed by atoms with Gasteiger partial charge in [0.05, 0.1) is 12.2 Å². The molecule has 6 nitrogen and oxygen atoms in total. The molecule has 0 unspecified atom stereocenters. The largest absolute Gasteiger partial charge is 0.348 e. The molecule has 0 spiro atoms. The van der Waals surface area contributed by atoms with Crippen molar-refractivity contribution in [3.05, 3.63) is 17.5 Å². The van der Waals surface area contributed by atoms with E-state index in [0.29, 0.717) is 5.25 Å². The molecule has 23 heavy (non-hydrogen) atoms. The molecule has 0 saturated carbocycles. The molecule has 0 radical (unpaired) electrons. The van der Waals surface area contributed by atoms with Gasteiger partial charge < -0.3 is 9.80 Å². The van der Waals surface area contributed by atoms with Crippen LogP contribution in [-0.2, 0) is 4.79 Å². The smallest absolute Gasteiger partial charge is 0.247 e. The first-order chi connectivity index (χ1) is 11.0. The molecule has 2 aliphatic rings. The van der Waals surface area contributed by atoms with E-state index in [-0.39, 0.29) is 11.9 Å². The maximum Gasteiger partial charge on any atom is 0.247 e. The average Bonchev–Trinajstić information content (AvgIpc) is 3.11. The van der Waals surface area contributed by atoms with E-state index in [2.05, 4.69) is 21.9 Å². The van der Waals surface area contributed by atoms with Crippen molar-refractivity contribution in [2.75, 3.05) is 32.7 Å². The van der Waals surface area contributed by atoms with E-state index in [1.54, 1.807) is 0 Å². The van der Waals surface area contributed by atoms with Gasteiger partial charge in [0.1, 0.15) is 6.04 Å². The number of amidine groups is 1. The molecule has 3 heterocycles. The lowest BCUT2D eigenvalue weighted by Gasteiger charge is -2.36. The van der Waals surface area contributed by atoms with Crippen molar-refractivity contribution in [3.8, 4) is 0 Å². The fraction of sp³-hybridized carbons (Fsp3) is 0.688. The number of hydrogen-bond acceptors (Lipinski definition) is 5. The van der Waals surface area contributed by atoms with Gasteiger partial charge in [-0.2, -0.15) is 5.10 Å². The lowest BCUT2D eigenvalue weighted by Crippen LogP contribution is -2.51. The van der Waals surface area contributed by atoms with Crippen LogP contribution in [0.4, 0.5) is 0 Å². The Labute approximate surface area is 141 Å². The number of carbonyl (C=O) groups is 1. The van der Waals surface area contributed by atoms with E-state index in [9.17, 15) is 4.79 Å². The van der Waals surface area contributed by atoms with E-state index in [1.165, 1.54) is 0 Å². The van der Waals surface area contributed by atoms with Crippen LogP contribution < -0.4 is 0 Å². The van der Waals surface area contributed by atoms with Crippen molar-refractivity contribution < 1.29 is 4.79 Å². The molecule has 1 fully saturated rings. The van der Waals surface area contributed by atoms with Crippen LogP contribution in [0.25, 0.3) is 0 Å². The van der Waals surface area contributed by atoms with Crippen LogP contribution in [0.15, 0.2) is 11.1 Å². The van der Waals surface area contributed by atoms with Crippen LogP contribution >= 0.6 is 11.8 Å². The van der Waals surface area contributed by atoms with Crippen molar-refractivity contribution in [3.63, 3.8) is 0 Å². The predicted octanol–water partition coefficient (Wildman–Crippen LogP) is 1.70. The Morgan fingerprint density at radius 3 is 2.52 bits per heavy atom. The summed E-state index contributed by atoms with van der Waals surface area (Å²) in [5, 5.41) is 6.18. The minimum absolute atomic E-state index is 0.158. The molecule has 1 aromatic rings. The van der Waals surface area contributed by atoms with Crippen LogP contribution in [0.2, 0.25) is 0 Å². The average molecular weight is 335 g/mol. The first kappa shape index (κ1) is 16.4. The quantitative estimate of drug-likeness (QED) is 0.825. The Bertz CT molecular complexity index is 618. The summed E-state index contributed by atoms with van der Waals surface area (Å²) in [5.74, 6) is 0.158. The van der Waals surface area contributed by atoms with Crippen molar-refractivity contribution in [1.29, 1.82) is 0 Å². The highest BCUT2D eigenvalue weighted by Gasteiger charge is 2.29. The number of amides is 1. The third kappa shape index (κ3) is 3.39. The monoisotopic (exact) mass is 335 g/mol. The fourth-order valence-electron chi connectivity index (χ4n) is 3.16. The van der Waals surface area contributed by atoms with Crippen LogP contribution in [0.1, 0.15) is 31.3 Å². The lowest BCUT2D eigenvalue weighted by molar-refractivity contribution is -0.135. The summed E-state index contributed by atoms with van der Waals surface area (Å²) in [4.78, 5) is 21.6. The van der Waals surface area contributed by atoms with Crippen molar-refractivity contribution in [2.24, 2.45) is 4.99 Å². The van der Waals surface area contributed by atoms with Gasteiger partial charge in [0.2, 0.25) is 5.91 Å². The minimum Gasteiger partial charge on any atom is -0.348 e. The summed E-state index contributed by atoms with van der Waals surface area (Å²) in [6, 6.07) is 1.77. The Balaban J connectivity index is 1.59. The second kappa shape index (κ2) is 6.55. The topological polar surface area (TPSA) is 53.7 Å². The second-order valence-corrected chi connectivity index (χ2v) is 7.82. The predicted molar refractivity (Wildman–Crippen MR) is 93.9 cm³/mol. The molecule has 0 N–H and O–H groups in total. The molecule has 3 rings (SSSR count). The maximum atomic E-state index is 12.8. The third-order valence-electron chi connectivity index (χ3n) is 4.42. The van der Waals surface area contributed by atoms with Crippen LogP contribution in [-0.4, -0.2) is 68.6 Å². The van der Waals surface area contributed by atoms with Gasteiger partial charge in [0, 0.05) is 37.1 Å². The normalized spacial score (nSPS) is 23.1. The highest BCUT2D eigenvalue weighted by molar-refractivity contribution is 8.14. The van der Waals surface area contributed by atoms with Gasteiger partial charge in [-0.3, -0.25) is 14.5 Å². The van der Waals surface area contributed by atoms with E-state index in [1.807, 2.05) is 48.2 Å². The van der Waals surface area contributed by atoms with E-state index in [0.717, 1.165) is 49.3 Å². The SMILES string of the molecule is Cc1cc(C)n([C@H](C)C(=O)N2CCN(C3=NC[C@H](C)S3)CC2)n1. The molecule has 1 amide bonds. The highest BCUT2D eigenvalue weighted by atomic mass is 32.2. The molecule has 1 saturated heterocycles. The zero-order valence-electron chi connectivity index (χ0n) is 14.3. The molecule has 7 heteroatoms. The van der Waals surface area contributed by atoms with Crippen LogP contribution in [0, 0.1) is 13.8 Å². The number of aryl methyl sites for hydroxylation is 2. The molecule has 0 aliphatic carbocycles. The lowest BCUT2D eigenvalue weighted by atomic mass is 10.2. The van der Waals surface area contributed by atoms with E-state index in [4.69, 9.17) is 0 Å². The molecule has 2 atom stereocenters. The number of aromatic nitrogens is 2. The Morgan fingerprint density at radius 2 is 2.00 bits per heavy atom. The minimum atomic E-state index is -0.242. The summed E-state index contributed by atoms with van der Waals surface area (Å²) in [6.07, 6.45) is 0. The highest BCUT2D eigenvalue weighted by Crippen LogP contribution is 2.24. The van der Waals surface area contributed by atoms with Crippen LogP contribution in [0.3, 0.4) is 0 Å². The van der Waals surface area contributed by atoms with Crippen molar-refractivity contribution in [2.45, 2.75) is 39.0 Å². The number of thioether (sulfide) groups is 1.